The average molecular weight is 591 g/mol. The Morgan fingerprint density at radius 2 is 1.77 bits per heavy atom. The quantitative estimate of drug-likeness (QED) is 0.166. The zero-order chi connectivity index (χ0) is 30.0. The number of nitrogens with zero attached hydrogens (tertiary/aromatic N) is 4. The lowest BCUT2D eigenvalue weighted by Gasteiger charge is -2.29. The Bertz CT molecular complexity index is 1420. The van der Waals surface area contributed by atoms with Crippen molar-refractivity contribution in [2.24, 2.45) is 0 Å². The van der Waals surface area contributed by atoms with Crippen LogP contribution in [0.5, 0.6) is 11.5 Å². The van der Waals surface area contributed by atoms with Gasteiger partial charge in [0.25, 0.3) is 5.69 Å². The molecule has 2 amide bonds. The van der Waals surface area contributed by atoms with Gasteiger partial charge in [-0.05, 0) is 60.0 Å². The average Bonchev–Trinajstić information content (AvgIpc) is 3.72. The maximum atomic E-state index is 13.8. The third-order valence-electron chi connectivity index (χ3n) is 7.26. The fourth-order valence-corrected chi connectivity index (χ4v) is 4.90. The molecule has 0 aliphatic carbocycles. The molecule has 1 saturated heterocycles. The Hall–Kier alpha value is -4.68. The van der Waals surface area contributed by atoms with E-state index in [2.05, 4.69) is 4.90 Å². The van der Waals surface area contributed by atoms with Crippen LogP contribution in [0.3, 0.4) is 0 Å². The fourth-order valence-electron chi connectivity index (χ4n) is 4.90. The van der Waals surface area contributed by atoms with Gasteiger partial charge < -0.3 is 28.4 Å². The van der Waals surface area contributed by atoms with E-state index in [9.17, 15) is 19.7 Å². The summed E-state index contributed by atoms with van der Waals surface area (Å²) in [5.74, 6) is 1.34. The maximum Gasteiger partial charge on any atom is 0.269 e. The van der Waals surface area contributed by atoms with E-state index in [-0.39, 0.29) is 43.9 Å². The molecule has 2 aliphatic heterocycles. The highest BCUT2D eigenvalue weighted by atomic mass is 16.7. The Labute approximate surface area is 249 Å². The number of non-ortho nitro benzene ring substituents is 1. The Morgan fingerprint density at radius 1 is 0.977 bits per heavy atom. The molecule has 2 aromatic carbocycles. The van der Waals surface area contributed by atoms with Crippen LogP contribution < -0.4 is 9.47 Å². The van der Waals surface area contributed by atoms with Crippen LogP contribution in [0.4, 0.5) is 5.69 Å². The molecule has 0 bridgehead atoms. The number of hydrogen-bond acceptors (Lipinski definition) is 9. The van der Waals surface area contributed by atoms with Crippen LogP contribution in [0.1, 0.15) is 23.3 Å². The molecule has 0 spiro atoms. The van der Waals surface area contributed by atoms with Gasteiger partial charge in [-0.1, -0.05) is 6.07 Å². The number of benzene rings is 2. The third-order valence-corrected chi connectivity index (χ3v) is 7.26. The van der Waals surface area contributed by atoms with Gasteiger partial charge in [0.1, 0.15) is 12.3 Å². The molecule has 5 rings (SSSR count). The second-order valence-electron chi connectivity index (χ2n) is 10.3. The van der Waals surface area contributed by atoms with Crippen molar-refractivity contribution in [2.45, 2.75) is 19.5 Å². The topological polar surface area (TPSA) is 128 Å². The lowest BCUT2D eigenvalue weighted by molar-refractivity contribution is -0.384. The van der Waals surface area contributed by atoms with Crippen LogP contribution in [0.25, 0.3) is 6.08 Å². The molecule has 3 heterocycles. The maximum absolute atomic E-state index is 13.8. The summed E-state index contributed by atoms with van der Waals surface area (Å²) in [6, 6.07) is 15.0. The highest BCUT2D eigenvalue weighted by molar-refractivity contribution is 5.94. The molecule has 43 heavy (non-hydrogen) atoms. The number of nitro groups is 1. The summed E-state index contributed by atoms with van der Waals surface area (Å²) in [5.41, 5.74) is 1.46. The molecule has 12 nitrogen and oxygen atoms in total. The van der Waals surface area contributed by atoms with Gasteiger partial charge in [-0.3, -0.25) is 24.6 Å². The van der Waals surface area contributed by atoms with Gasteiger partial charge in [-0.15, -0.1) is 0 Å². The smallest absolute Gasteiger partial charge is 0.269 e. The summed E-state index contributed by atoms with van der Waals surface area (Å²) in [4.78, 5) is 43.2. The van der Waals surface area contributed by atoms with Gasteiger partial charge in [0, 0.05) is 50.9 Å². The highest BCUT2D eigenvalue weighted by Crippen LogP contribution is 2.33. The third kappa shape index (κ3) is 8.43. The van der Waals surface area contributed by atoms with E-state index in [0.29, 0.717) is 49.0 Å². The number of hydrogen-bond donors (Lipinski definition) is 0. The first-order valence-electron chi connectivity index (χ1n) is 14.1. The molecule has 2 aliphatic rings. The second kappa shape index (κ2) is 14.5. The van der Waals surface area contributed by atoms with E-state index < -0.39 is 4.92 Å². The van der Waals surface area contributed by atoms with Crippen molar-refractivity contribution in [3.05, 3.63) is 93.9 Å². The van der Waals surface area contributed by atoms with Crippen molar-refractivity contribution in [3.8, 4) is 11.5 Å². The predicted octanol–water partition coefficient (Wildman–Crippen LogP) is 3.71. The summed E-state index contributed by atoms with van der Waals surface area (Å²) >= 11 is 0. The monoisotopic (exact) mass is 590 g/mol. The lowest BCUT2D eigenvalue weighted by atomic mass is 10.1. The number of furan rings is 1. The van der Waals surface area contributed by atoms with Crippen LogP contribution >= 0.6 is 0 Å². The van der Waals surface area contributed by atoms with E-state index in [1.807, 2.05) is 18.2 Å². The Kier molecular flexibility index (Phi) is 10.0. The summed E-state index contributed by atoms with van der Waals surface area (Å²) < 4.78 is 21.9. The first kappa shape index (κ1) is 29.8. The number of morpholine rings is 1. The van der Waals surface area contributed by atoms with E-state index in [1.165, 1.54) is 18.2 Å². The summed E-state index contributed by atoms with van der Waals surface area (Å²) in [5, 5.41) is 11.0. The molecule has 0 saturated carbocycles. The predicted molar refractivity (Wildman–Crippen MR) is 156 cm³/mol. The lowest BCUT2D eigenvalue weighted by Crippen LogP contribution is -2.43. The van der Waals surface area contributed by atoms with Gasteiger partial charge in [-0.25, -0.2) is 0 Å². The van der Waals surface area contributed by atoms with Crippen molar-refractivity contribution in [1.82, 2.24) is 14.7 Å². The van der Waals surface area contributed by atoms with Crippen molar-refractivity contribution >= 4 is 23.6 Å². The van der Waals surface area contributed by atoms with Crippen molar-refractivity contribution in [3.63, 3.8) is 0 Å². The number of carbonyl (C=O) groups excluding carboxylic acids is 2. The van der Waals surface area contributed by atoms with E-state index in [4.69, 9.17) is 18.6 Å². The van der Waals surface area contributed by atoms with E-state index >= 15 is 0 Å². The molecule has 3 aromatic rings. The van der Waals surface area contributed by atoms with Gasteiger partial charge in [-0.2, -0.15) is 0 Å². The summed E-state index contributed by atoms with van der Waals surface area (Å²) in [6.45, 7) is 4.73. The number of nitro benzene ring substituents is 1. The molecule has 1 fully saturated rings. The Balaban J connectivity index is 1.30. The minimum absolute atomic E-state index is 0.0297. The van der Waals surface area contributed by atoms with Gasteiger partial charge in [0.2, 0.25) is 18.6 Å². The minimum atomic E-state index is -0.474. The number of rotatable bonds is 13. The molecule has 0 unspecified atom stereocenters. The molecule has 0 N–H and O–H groups in total. The molecule has 12 heteroatoms. The molecular weight excluding hydrogens is 556 g/mol. The fraction of sp³-hybridized carbons (Fsp3) is 0.355. The number of ether oxygens (including phenoxy) is 3. The SMILES string of the molecule is O=C(C=Cc1ccc([N+](=O)[O-])cc1)N(CCCN1CCOCC1)CC(=O)N(Cc1ccc2c(c1)OCO2)Cc1ccco1. The molecule has 0 atom stereocenters. The molecule has 226 valence electrons. The number of fused-ring (bicyclic) bond motifs is 1. The van der Waals surface area contributed by atoms with Crippen molar-refractivity contribution < 1.29 is 33.1 Å². The minimum Gasteiger partial charge on any atom is -0.467 e. The standard InChI is InChI=1S/C31H34N4O8/c36-30(11-7-24-4-8-26(9-5-24)35(38)39)33(13-2-12-32-14-17-40-18-15-32)22-31(37)34(21-27-3-1-16-41-27)20-25-6-10-28-29(19-25)43-23-42-28/h1,3-11,16,19H,2,12-15,17-18,20-23H2. The van der Waals surface area contributed by atoms with Crippen LogP contribution in [0.2, 0.25) is 0 Å². The Morgan fingerprint density at radius 3 is 2.51 bits per heavy atom. The van der Waals surface area contributed by atoms with Gasteiger partial charge >= 0.3 is 0 Å². The second-order valence-corrected chi connectivity index (χ2v) is 10.3. The summed E-state index contributed by atoms with van der Waals surface area (Å²) in [7, 11) is 0. The van der Waals surface area contributed by atoms with Gasteiger partial charge in [0.05, 0.1) is 30.9 Å². The molecule has 0 radical (unpaired) electrons. The molecular formula is C31H34N4O8. The highest BCUT2D eigenvalue weighted by Gasteiger charge is 2.23. The van der Waals surface area contributed by atoms with Crippen molar-refractivity contribution in [2.75, 3.05) is 52.7 Å². The largest absolute Gasteiger partial charge is 0.467 e. The van der Waals surface area contributed by atoms with Crippen LogP contribution in [-0.2, 0) is 27.4 Å². The zero-order valence-corrected chi connectivity index (χ0v) is 23.8. The van der Waals surface area contributed by atoms with E-state index in [1.54, 1.807) is 46.4 Å². The first-order chi connectivity index (χ1) is 20.9. The molecule has 1 aromatic heterocycles. The number of carbonyl (C=O) groups is 2. The first-order valence-corrected chi connectivity index (χ1v) is 14.1. The van der Waals surface area contributed by atoms with E-state index in [0.717, 1.165) is 25.2 Å². The van der Waals surface area contributed by atoms with Gasteiger partial charge in [0.15, 0.2) is 11.5 Å². The van der Waals surface area contributed by atoms with Crippen LogP contribution in [-0.4, -0.2) is 84.2 Å². The summed E-state index contributed by atoms with van der Waals surface area (Å²) in [6.07, 6.45) is 5.24. The number of amides is 2. The van der Waals surface area contributed by atoms with Crippen LogP contribution in [0.15, 0.2) is 71.4 Å². The van der Waals surface area contributed by atoms with Crippen LogP contribution in [0, 0.1) is 10.1 Å². The van der Waals surface area contributed by atoms with Crippen molar-refractivity contribution in [1.29, 1.82) is 0 Å². The zero-order valence-electron chi connectivity index (χ0n) is 23.8. The normalized spacial score (nSPS) is 14.6.